The zero-order valence-electron chi connectivity index (χ0n) is 10.8. The van der Waals surface area contributed by atoms with Crippen molar-refractivity contribution in [2.75, 3.05) is 12.3 Å². The van der Waals surface area contributed by atoms with Crippen LogP contribution in [0.5, 0.6) is 0 Å². The Bertz CT molecular complexity index is 476. The summed E-state index contributed by atoms with van der Waals surface area (Å²) in [6.45, 7) is 3.69. The van der Waals surface area contributed by atoms with Crippen LogP contribution in [0.2, 0.25) is 0 Å². The molecule has 104 valence electrons. The van der Waals surface area contributed by atoms with Gasteiger partial charge in [-0.25, -0.2) is 9.59 Å². The van der Waals surface area contributed by atoms with E-state index in [-0.39, 0.29) is 6.61 Å². The molecule has 0 aromatic heterocycles. The van der Waals surface area contributed by atoms with Gasteiger partial charge in [0.2, 0.25) is 0 Å². The summed E-state index contributed by atoms with van der Waals surface area (Å²) >= 11 is 3.24. The van der Waals surface area contributed by atoms with E-state index in [9.17, 15) is 9.59 Å². The maximum atomic E-state index is 11.9. The van der Waals surface area contributed by atoms with Gasteiger partial charge in [0.15, 0.2) is 6.10 Å². The summed E-state index contributed by atoms with van der Waals surface area (Å²) < 4.78 is 10.6. The first-order chi connectivity index (χ1) is 8.99. The first-order valence-electron chi connectivity index (χ1n) is 5.92. The Balaban J connectivity index is 2.77. The van der Waals surface area contributed by atoms with Crippen LogP contribution in [0.1, 0.15) is 30.6 Å². The predicted molar refractivity (Wildman–Crippen MR) is 74.7 cm³/mol. The molecule has 1 aromatic carbocycles. The molecule has 0 saturated carbocycles. The highest BCUT2D eigenvalue weighted by atomic mass is 79.9. The topological polar surface area (TPSA) is 78.6 Å². The molecule has 0 spiro atoms. The normalized spacial score (nSPS) is 11.7. The SMILES string of the molecule is CCOC(=O)C(CC)OC(=O)c1ccc(Br)c(N)c1. The lowest BCUT2D eigenvalue weighted by atomic mass is 10.2. The maximum absolute atomic E-state index is 11.9. The van der Waals surface area contributed by atoms with Crippen LogP contribution < -0.4 is 5.73 Å². The van der Waals surface area contributed by atoms with Gasteiger partial charge in [-0.15, -0.1) is 0 Å². The van der Waals surface area contributed by atoms with Crippen molar-refractivity contribution in [3.05, 3.63) is 28.2 Å². The third kappa shape index (κ3) is 4.24. The number of esters is 2. The molecular weight excluding hydrogens is 314 g/mol. The number of ether oxygens (including phenoxy) is 2. The maximum Gasteiger partial charge on any atom is 0.347 e. The smallest absolute Gasteiger partial charge is 0.347 e. The summed E-state index contributed by atoms with van der Waals surface area (Å²) in [5, 5.41) is 0. The van der Waals surface area contributed by atoms with E-state index in [0.29, 0.717) is 22.1 Å². The number of nitrogen functional groups attached to an aromatic ring is 1. The number of halogens is 1. The summed E-state index contributed by atoms with van der Waals surface area (Å²) in [7, 11) is 0. The lowest BCUT2D eigenvalue weighted by molar-refractivity contribution is -0.153. The number of hydrogen-bond acceptors (Lipinski definition) is 5. The van der Waals surface area contributed by atoms with Gasteiger partial charge in [0.05, 0.1) is 12.2 Å². The van der Waals surface area contributed by atoms with Crippen LogP contribution in [0.25, 0.3) is 0 Å². The monoisotopic (exact) mass is 329 g/mol. The Morgan fingerprint density at radius 2 is 2.05 bits per heavy atom. The quantitative estimate of drug-likeness (QED) is 0.663. The van der Waals surface area contributed by atoms with Gasteiger partial charge < -0.3 is 15.2 Å². The number of hydrogen-bond donors (Lipinski definition) is 1. The number of nitrogens with two attached hydrogens (primary N) is 1. The van der Waals surface area contributed by atoms with Gasteiger partial charge in [-0.1, -0.05) is 6.92 Å². The molecule has 0 radical (unpaired) electrons. The third-order valence-electron chi connectivity index (χ3n) is 2.40. The Labute approximate surface area is 120 Å². The van der Waals surface area contributed by atoms with Gasteiger partial charge in [0.1, 0.15) is 0 Å². The van der Waals surface area contributed by atoms with Crippen LogP contribution in [-0.4, -0.2) is 24.6 Å². The first kappa shape index (κ1) is 15.5. The van der Waals surface area contributed by atoms with Crippen molar-refractivity contribution < 1.29 is 19.1 Å². The van der Waals surface area contributed by atoms with Gasteiger partial charge in [-0.05, 0) is 47.5 Å². The van der Waals surface area contributed by atoms with E-state index in [1.165, 1.54) is 6.07 Å². The van der Waals surface area contributed by atoms with E-state index < -0.39 is 18.0 Å². The number of anilines is 1. The molecule has 1 atom stereocenters. The Hall–Kier alpha value is -1.56. The fourth-order valence-electron chi connectivity index (χ4n) is 1.40. The van der Waals surface area contributed by atoms with Crippen LogP contribution >= 0.6 is 15.9 Å². The third-order valence-corrected chi connectivity index (χ3v) is 3.12. The minimum absolute atomic E-state index is 0.248. The lowest BCUT2D eigenvalue weighted by Crippen LogP contribution is -2.28. The van der Waals surface area contributed by atoms with Gasteiger partial charge in [0.25, 0.3) is 0 Å². The first-order valence-corrected chi connectivity index (χ1v) is 6.71. The Morgan fingerprint density at radius 1 is 1.37 bits per heavy atom. The van der Waals surface area contributed by atoms with Gasteiger partial charge in [-0.2, -0.15) is 0 Å². The fourth-order valence-corrected chi connectivity index (χ4v) is 1.65. The van der Waals surface area contributed by atoms with Crippen molar-refractivity contribution in [1.29, 1.82) is 0 Å². The van der Waals surface area contributed by atoms with Gasteiger partial charge in [0, 0.05) is 10.2 Å². The zero-order chi connectivity index (χ0) is 14.4. The number of benzene rings is 1. The Kier molecular flexibility index (Phi) is 5.82. The molecular formula is C13H16BrNO4. The van der Waals surface area contributed by atoms with Crippen molar-refractivity contribution in [3.8, 4) is 0 Å². The fraction of sp³-hybridized carbons (Fsp3) is 0.385. The van der Waals surface area contributed by atoms with E-state index in [4.69, 9.17) is 15.2 Å². The molecule has 2 N–H and O–H groups in total. The molecule has 0 bridgehead atoms. The minimum atomic E-state index is -0.891. The minimum Gasteiger partial charge on any atom is -0.463 e. The Morgan fingerprint density at radius 3 is 2.58 bits per heavy atom. The van der Waals surface area contributed by atoms with Crippen LogP contribution in [0.4, 0.5) is 5.69 Å². The van der Waals surface area contributed by atoms with Crippen LogP contribution in [0.3, 0.4) is 0 Å². The van der Waals surface area contributed by atoms with Crippen molar-refractivity contribution in [3.63, 3.8) is 0 Å². The van der Waals surface area contributed by atoms with Crippen LogP contribution in [0, 0.1) is 0 Å². The van der Waals surface area contributed by atoms with Crippen molar-refractivity contribution in [2.24, 2.45) is 0 Å². The molecule has 5 nitrogen and oxygen atoms in total. The summed E-state index contributed by atoms with van der Waals surface area (Å²) in [5.74, 6) is -1.14. The zero-order valence-corrected chi connectivity index (χ0v) is 12.4. The second kappa shape index (κ2) is 7.13. The summed E-state index contributed by atoms with van der Waals surface area (Å²) in [5.41, 5.74) is 6.41. The van der Waals surface area contributed by atoms with E-state index in [1.807, 2.05) is 0 Å². The van der Waals surface area contributed by atoms with Crippen molar-refractivity contribution in [2.45, 2.75) is 26.4 Å². The second-order valence-corrected chi connectivity index (χ2v) is 4.64. The molecule has 1 aromatic rings. The molecule has 0 heterocycles. The van der Waals surface area contributed by atoms with Crippen molar-refractivity contribution in [1.82, 2.24) is 0 Å². The largest absolute Gasteiger partial charge is 0.463 e. The summed E-state index contributed by atoms with van der Waals surface area (Å²) in [4.78, 5) is 23.4. The standard InChI is InChI=1S/C13H16BrNO4/c1-3-11(13(17)18-4-2)19-12(16)8-5-6-9(14)10(15)7-8/h5-7,11H,3-4,15H2,1-2H3. The second-order valence-electron chi connectivity index (χ2n) is 3.79. The average Bonchev–Trinajstić information content (AvgIpc) is 2.39. The molecule has 0 aliphatic rings. The molecule has 0 fully saturated rings. The molecule has 0 aliphatic carbocycles. The van der Waals surface area contributed by atoms with E-state index in [1.54, 1.807) is 26.0 Å². The van der Waals surface area contributed by atoms with E-state index >= 15 is 0 Å². The molecule has 0 aliphatic heterocycles. The highest BCUT2D eigenvalue weighted by Gasteiger charge is 2.23. The molecule has 0 amide bonds. The van der Waals surface area contributed by atoms with Gasteiger partial charge in [-0.3, -0.25) is 0 Å². The van der Waals surface area contributed by atoms with Crippen LogP contribution in [-0.2, 0) is 14.3 Å². The molecule has 1 unspecified atom stereocenters. The number of carbonyl (C=O) groups is 2. The molecule has 1 rings (SSSR count). The molecule has 6 heteroatoms. The number of rotatable bonds is 5. The van der Waals surface area contributed by atoms with Crippen LogP contribution in [0.15, 0.2) is 22.7 Å². The van der Waals surface area contributed by atoms with Crippen molar-refractivity contribution >= 4 is 33.6 Å². The summed E-state index contributed by atoms with van der Waals surface area (Å²) in [6.07, 6.45) is -0.534. The highest BCUT2D eigenvalue weighted by Crippen LogP contribution is 2.21. The molecule has 19 heavy (non-hydrogen) atoms. The van der Waals surface area contributed by atoms with E-state index in [0.717, 1.165) is 0 Å². The average molecular weight is 330 g/mol. The predicted octanol–water partition coefficient (Wildman–Crippen LogP) is 2.53. The number of carbonyl (C=O) groups excluding carboxylic acids is 2. The lowest BCUT2D eigenvalue weighted by Gasteiger charge is -2.14. The highest BCUT2D eigenvalue weighted by molar-refractivity contribution is 9.10. The van der Waals surface area contributed by atoms with Gasteiger partial charge >= 0.3 is 11.9 Å². The van der Waals surface area contributed by atoms with E-state index in [2.05, 4.69) is 15.9 Å². The summed E-state index contributed by atoms with van der Waals surface area (Å²) in [6, 6.07) is 4.71. The molecule has 0 saturated heterocycles.